The number of hydrogen-bond acceptors (Lipinski definition) is 3. The van der Waals surface area contributed by atoms with Crippen molar-refractivity contribution < 1.29 is 19.2 Å². The van der Waals surface area contributed by atoms with Gasteiger partial charge in [0.15, 0.2) is 24.1 Å². The van der Waals surface area contributed by atoms with Gasteiger partial charge >= 0.3 is 0 Å². The number of rotatable bonds is 5. The SMILES string of the molecule is CCCNC(=O)C[NH+]1CCn2cccc2[C@@H]1c1ccc2c(c1)OCCO2. The van der Waals surface area contributed by atoms with Crippen LogP contribution in [-0.2, 0) is 11.3 Å². The second-order valence-electron chi connectivity index (χ2n) is 6.90. The maximum atomic E-state index is 12.3. The first-order chi connectivity index (χ1) is 12.8. The third-order valence-corrected chi connectivity index (χ3v) is 5.10. The van der Waals surface area contributed by atoms with E-state index in [0.29, 0.717) is 19.8 Å². The molecule has 0 aliphatic carbocycles. The lowest BCUT2D eigenvalue weighted by molar-refractivity contribution is -0.922. The fraction of sp³-hybridized carbons (Fsp3) is 0.450. The zero-order valence-corrected chi connectivity index (χ0v) is 15.2. The highest BCUT2D eigenvalue weighted by Crippen LogP contribution is 2.34. The number of benzene rings is 1. The van der Waals surface area contributed by atoms with Crippen molar-refractivity contribution in [1.82, 2.24) is 9.88 Å². The molecule has 138 valence electrons. The molecule has 0 spiro atoms. The number of quaternary nitrogens is 1. The molecule has 1 unspecified atom stereocenters. The fourth-order valence-corrected chi connectivity index (χ4v) is 3.88. The van der Waals surface area contributed by atoms with E-state index in [1.54, 1.807) is 0 Å². The van der Waals surface area contributed by atoms with E-state index in [4.69, 9.17) is 9.47 Å². The Morgan fingerprint density at radius 1 is 1.27 bits per heavy atom. The molecule has 0 bridgehead atoms. The van der Waals surface area contributed by atoms with E-state index in [2.05, 4.69) is 47.3 Å². The third kappa shape index (κ3) is 3.29. The van der Waals surface area contributed by atoms with Crippen molar-refractivity contribution in [2.24, 2.45) is 0 Å². The number of fused-ring (bicyclic) bond motifs is 2. The first kappa shape index (κ1) is 17.0. The lowest BCUT2D eigenvalue weighted by atomic mass is 9.99. The molecule has 0 saturated heterocycles. The minimum absolute atomic E-state index is 0.113. The summed E-state index contributed by atoms with van der Waals surface area (Å²) in [6.45, 7) is 6.29. The van der Waals surface area contributed by atoms with Gasteiger partial charge in [-0.2, -0.15) is 0 Å². The van der Waals surface area contributed by atoms with E-state index in [-0.39, 0.29) is 11.9 Å². The van der Waals surface area contributed by atoms with E-state index < -0.39 is 0 Å². The van der Waals surface area contributed by atoms with Crippen molar-refractivity contribution >= 4 is 5.91 Å². The van der Waals surface area contributed by atoms with Gasteiger partial charge in [0.2, 0.25) is 0 Å². The summed E-state index contributed by atoms with van der Waals surface area (Å²) >= 11 is 0. The lowest BCUT2D eigenvalue weighted by Crippen LogP contribution is -3.14. The molecular weight excluding hydrogens is 330 g/mol. The summed E-state index contributed by atoms with van der Waals surface area (Å²) in [4.78, 5) is 13.6. The van der Waals surface area contributed by atoms with Crippen LogP contribution in [0.25, 0.3) is 0 Å². The number of nitrogens with zero attached hydrogens (tertiary/aromatic N) is 1. The molecule has 0 radical (unpaired) electrons. The second-order valence-corrected chi connectivity index (χ2v) is 6.90. The Balaban J connectivity index is 1.64. The number of aromatic nitrogens is 1. The average Bonchev–Trinajstić information content (AvgIpc) is 3.14. The highest BCUT2D eigenvalue weighted by Gasteiger charge is 2.34. The van der Waals surface area contributed by atoms with Crippen molar-refractivity contribution in [2.75, 3.05) is 32.8 Å². The standard InChI is InChI=1S/C20H25N3O3/c1-2-7-21-19(24)14-23-10-9-22-8-3-4-16(22)20(23)15-5-6-17-18(13-15)26-12-11-25-17/h3-6,8,13,20H,2,7,9-12,14H2,1H3,(H,21,24)/p+1/t20-/m0/s1. The Hall–Kier alpha value is -2.47. The van der Waals surface area contributed by atoms with Crippen LogP contribution in [0.4, 0.5) is 0 Å². The van der Waals surface area contributed by atoms with Gasteiger partial charge in [-0.3, -0.25) is 4.79 Å². The van der Waals surface area contributed by atoms with E-state index in [0.717, 1.165) is 43.1 Å². The van der Waals surface area contributed by atoms with Gasteiger partial charge in [-0.05, 0) is 36.8 Å². The van der Waals surface area contributed by atoms with Crippen molar-refractivity contribution in [1.29, 1.82) is 0 Å². The Labute approximate surface area is 153 Å². The summed E-state index contributed by atoms with van der Waals surface area (Å²) in [5.74, 6) is 1.71. The van der Waals surface area contributed by atoms with Crippen LogP contribution >= 0.6 is 0 Å². The molecule has 2 aromatic rings. The Morgan fingerprint density at radius 2 is 2.12 bits per heavy atom. The molecule has 2 aliphatic rings. The predicted octanol–water partition coefficient (Wildman–Crippen LogP) is 0.773. The number of hydrogen-bond donors (Lipinski definition) is 2. The lowest BCUT2D eigenvalue weighted by Gasteiger charge is -2.34. The zero-order valence-electron chi connectivity index (χ0n) is 15.2. The summed E-state index contributed by atoms with van der Waals surface area (Å²) in [7, 11) is 0. The van der Waals surface area contributed by atoms with Gasteiger partial charge in [0.05, 0.1) is 18.8 Å². The van der Waals surface area contributed by atoms with Crippen LogP contribution in [-0.4, -0.2) is 43.3 Å². The van der Waals surface area contributed by atoms with Crippen LogP contribution in [0.5, 0.6) is 11.5 Å². The van der Waals surface area contributed by atoms with E-state index >= 15 is 0 Å². The van der Waals surface area contributed by atoms with Gasteiger partial charge in [-0.25, -0.2) is 0 Å². The Morgan fingerprint density at radius 3 is 2.96 bits per heavy atom. The van der Waals surface area contributed by atoms with Crippen LogP contribution in [0.15, 0.2) is 36.5 Å². The third-order valence-electron chi connectivity index (χ3n) is 5.10. The van der Waals surface area contributed by atoms with Gasteiger partial charge in [-0.15, -0.1) is 0 Å². The summed E-state index contributed by atoms with van der Waals surface area (Å²) in [6, 6.07) is 10.5. The zero-order chi connectivity index (χ0) is 17.9. The van der Waals surface area contributed by atoms with Gasteiger partial charge < -0.3 is 24.3 Å². The van der Waals surface area contributed by atoms with Crippen molar-refractivity contribution in [3.05, 3.63) is 47.8 Å². The van der Waals surface area contributed by atoms with Gasteiger partial charge in [0.1, 0.15) is 13.2 Å². The van der Waals surface area contributed by atoms with Crippen molar-refractivity contribution in [2.45, 2.75) is 25.9 Å². The first-order valence-corrected chi connectivity index (χ1v) is 9.42. The number of carbonyl (C=O) groups is 1. The van der Waals surface area contributed by atoms with E-state index in [1.165, 1.54) is 10.6 Å². The van der Waals surface area contributed by atoms with Crippen molar-refractivity contribution in [3.8, 4) is 11.5 Å². The maximum Gasteiger partial charge on any atom is 0.275 e. The number of ether oxygens (including phenoxy) is 2. The molecular formula is C20H26N3O3+. The molecule has 4 rings (SSSR count). The molecule has 3 heterocycles. The molecule has 1 amide bonds. The molecule has 26 heavy (non-hydrogen) atoms. The molecule has 2 atom stereocenters. The minimum Gasteiger partial charge on any atom is -0.486 e. The molecule has 6 nitrogen and oxygen atoms in total. The van der Waals surface area contributed by atoms with Gasteiger partial charge in [-0.1, -0.05) is 6.92 Å². The topological polar surface area (TPSA) is 56.9 Å². The summed E-state index contributed by atoms with van der Waals surface area (Å²) in [6.07, 6.45) is 3.07. The number of amides is 1. The Bertz CT molecular complexity index is 786. The molecule has 0 saturated carbocycles. The first-order valence-electron chi connectivity index (χ1n) is 9.42. The molecule has 2 N–H and O–H groups in total. The van der Waals surface area contributed by atoms with Gasteiger partial charge in [0, 0.05) is 18.3 Å². The molecule has 1 aromatic carbocycles. The highest BCUT2D eigenvalue weighted by atomic mass is 16.6. The fourth-order valence-electron chi connectivity index (χ4n) is 3.88. The molecule has 6 heteroatoms. The van der Waals surface area contributed by atoms with Crippen LogP contribution in [0.1, 0.15) is 30.6 Å². The van der Waals surface area contributed by atoms with E-state index in [1.807, 2.05) is 6.07 Å². The summed E-state index contributed by atoms with van der Waals surface area (Å²) < 4.78 is 13.7. The molecule has 0 fully saturated rings. The van der Waals surface area contributed by atoms with Gasteiger partial charge in [0.25, 0.3) is 5.91 Å². The average molecular weight is 356 g/mol. The molecule has 1 aromatic heterocycles. The van der Waals surface area contributed by atoms with Crippen LogP contribution < -0.4 is 19.7 Å². The maximum absolute atomic E-state index is 12.3. The smallest absolute Gasteiger partial charge is 0.275 e. The Kier molecular flexibility index (Phi) is 4.84. The van der Waals surface area contributed by atoms with E-state index in [9.17, 15) is 4.79 Å². The van der Waals surface area contributed by atoms with Crippen LogP contribution in [0.3, 0.4) is 0 Å². The normalized spacial score (nSPS) is 21.1. The highest BCUT2D eigenvalue weighted by molar-refractivity contribution is 5.76. The quantitative estimate of drug-likeness (QED) is 0.832. The number of nitrogens with one attached hydrogen (secondary N) is 2. The van der Waals surface area contributed by atoms with Crippen LogP contribution in [0, 0.1) is 0 Å². The monoisotopic (exact) mass is 356 g/mol. The number of carbonyl (C=O) groups excluding carboxylic acids is 1. The molecule has 2 aliphatic heterocycles. The minimum atomic E-state index is 0.113. The second kappa shape index (κ2) is 7.41. The summed E-state index contributed by atoms with van der Waals surface area (Å²) in [5, 5.41) is 3.01. The largest absolute Gasteiger partial charge is 0.486 e. The van der Waals surface area contributed by atoms with Crippen LogP contribution in [0.2, 0.25) is 0 Å². The van der Waals surface area contributed by atoms with Crippen molar-refractivity contribution in [3.63, 3.8) is 0 Å². The summed E-state index contributed by atoms with van der Waals surface area (Å²) in [5.41, 5.74) is 2.40. The predicted molar refractivity (Wildman–Crippen MR) is 97.7 cm³/mol.